The Morgan fingerprint density at radius 2 is 1.88 bits per heavy atom. The second-order valence-corrected chi connectivity index (χ2v) is 5.35. The summed E-state index contributed by atoms with van der Waals surface area (Å²) in [6.07, 6.45) is 8.95. The van der Waals surface area contributed by atoms with Gasteiger partial charge in [0.2, 0.25) is 5.91 Å². The number of nitrogens with one attached hydrogen (secondary N) is 1. The number of carbonyl (C=O) groups is 1. The minimum Gasteiger partial charge on any atom is -0.353 e. The highest BCUT2D eigenvalue weighted by atomic mass is 16.1. The second kappa shape index (κ2) is 7.70. The maximum atomic E-state index is 11.8. The quantitative estimate of drug-likeness (QED) is 0.750. The van der Waals surface area contributed by atoms with Crippen LogP contribution < -0.4 is 11.1 Å². The molecule has 2 atom stereocenters. The Morgan fingerprint density at radius 3 is 2.41 bits per heavy atom. The van der Waals surface area contributed by atoms with Crippen LogP contribution >= 0.6 is 0 Å². The van der Waals surface area contributed by atoms with Gasteiger partial charge in [0.15, 0.2) is 0 Å². The average Bonchev–Trinajstić information content (AvgIpc) is 2.36. The summed E-state index contributed by atoms with van der Waals surface area (Å²) in [4.78, 5) is 11.8. The van der Waals surface area contributed by atoms with Crippen molar-refractivity contribution in [2.75, 3.05) is 0 Å². The van der Waals surface area contributed by atoms with Gasteiger partial charge in [-0.1, -0.05) is 33.1 Å². The van der Waals surface area contributed by atoms with E-state index in [1.807, 2.05) is 6.92 Å². The van der Waals surface area contributed by atoms with Gasteiger partial charge in [-0.2, -0.15) is 0 Å². The van der Waals surface area contributed by atoms with E-state index in [0.717, 1.165) is 12.8 Å². The van der Waals surface area contributed by atoms with Gasteiger partial charge in [-0.05, 0) is 31.6 Å². The predicted octanol–water partition coefficient (Wildman–Crippen LogP) is 2.59. The maximum absolute atomic E-state index is 11.8. The Kier molecular flexibility index (Phi) is 6.56. The normalized spacial score (nSPS) is 20.9. The third-order valence-electron chi connectivity index (χ3n) is 3.98. The summed E-state index contributed by atoms with van der Waals surface area (Å²) < 4.78 is 0. The molecule has 1 aliphatic rings. The molecule has 3 N–H and O–H groups in total. The van der Waals surface area contributed by atoms with Crippen LogP contribution in [0.1, 0.15) is 65.2 Å². The number of rotatable bonds is 6. The topological polar surface area (TPSA) is 55.1 Å². The standard InChI is InChI=1S/C14H28N2O/c1-3-12(15)10-14(17)16-13(4-2)11-8-6-5-7-9-11/h11-13H,3-10,15H2,1-2H3,(H,16,17). The number of carbonyl (C=O) groups excluding carboxylic acids is 1. The molecular weight excluding hydrogens is 212 g/mol. The highest BCUT2D eigenvalue weighted by Crippen LogP contribution is 2.27. The van der Waals surface area contributed by atoms with E-state index in [2.05, 4.69) is 12.2 Å². The van der Waals surface area contributed by atoms with Crippen LogP contribution in [-0.4, -0.2) is 18.0 Å². The van der Waals surface area contributed by atoms with Crippen molar-refractivity contribution < 1.29 is 4.79 Å². The Labute approximate surface area is 106 Å². The number of hydrogen-bond acceptors (Lipinski definition) is 2. The molecule has 0 spiro atoms. The van der Waals surface area contributed by atoms with E-state index in [9.17, 15) is 4.79 Å². The molecule has 0 radical (unpaired) electrons. The lowest BCUT2D eigenvalue weighted by Crippen LogP contribution is -2.42. The molecule has 0 aromatic carbocycles. The van der Waals surface area contributed by atoms with Gasteiger partial charge in [-0.3, -0.25) is 4.79 Å². The summed E-state index contributed by atoms with van der Waals surface area (Å²) in [5.74, 6) is 0.826. The molecule has 1 amide bonds. The summed E-state index contributed by atoms with van der Waals surface area (Å²) in [7, 11) is 0. The molecule has 0 saturated heterocycles. The van der Waals surface area contributed by atoms with E-state index in [-0.39, 0.29) is 11.9 Å². The second-order valence-electron chi connectivity index (χ2n) is 5.35. The van der Waals surface area contributed by atoms with Gasteiger partial charge in [0.05, 0.1) is 0 Å². The Bertz CT molecular complexity index is 224. The van der Waals surface area contributed by atoms with Crippen molar-refractivity contribution in [2.45, 2.75) is 77.3 Å². The van der Waals surface area contributed by atoms with Gasteiger partial charge >= 0.3 is 0 Å². The van der Waals surface area contributed by atoms with E-state index < -0.39 is 0 Å². The van der Waals surface area contributed by atoms with Crippen molar-refractivity contribution in [1.29, 1.82) is 0 Å². The number of hydrogen-bond donors (Lipinski definition) is 2. The van der Waals surface area contributed by atoms with Gasteiger partial charge in [0.1, 0.15) is 0 Å². The molecule has 0 bridgehead atoms. The fourth-order valence-electron chi connectivity index (χ4n) is 2.74. The van der Waals surface area contributed by atoms with Crippen molar-refractivity contribution in [3.8, 4) is 0 Å². The van der Waals surface area contributed by atoms with Gasteiger partial charge in [0, 0.05) is 18.5 Å². The van der Waals surface area contributed by atoms with Gasteiger partial charge < -0.3 is 11.1 Å². The van der Waals surface area contributed by atoms with Crippen LogP contribution in [0.5, 0.6) is 0 Å². The Hall–Kier alpha value is -0.570. The van der Waals surface area contributed by atoms with Crippen molar-refractivity contribution in [1.82, 2.24) is 5.32 Å². The molecule has 1 aliphatic carbocycles. The van der Waals surface area contributed by atoms with Crippen molar-refractivity contribution in [3.05, 3.63) is 0 Å². The van der Waals surface area contributed by atoms with Crippen LogP contribution in [0.25, 0.3) is 0 Å². The molecule has 1 fully saturated rings. The van der Waals surface area contributed by atoms with Crippen LogP contribution in [0.2, 0.25) is 0 Å². The average molecular weight is 240 g/mol. The predicted molar refractivity (Wildman–Crippen MR) is 71.7 cm³/mol. The van der Waals surface area contributed by atoms with E-state index in [0.29, 0.717) is 18.4 Å². The minimum atomic E-state index is 0.0128. The van der Waals surface area contributed by atoms with Crippen LogP contribution in [0.4, 0.5) is 0 Å². The molecule has 3 nitrogen and oxygen atoms in total. The summed E-state index contributed by atoms with van der Waals surface area (Å²) >= 11 is 0. The van der Waals surface area contributed by atoms with Gasteiger partial charge in [0.25, 0.3) is 0 Å². The monoisotopic (exact) mass is 240 g/mol. The lowest BCUT2D eigenvalue weighted by molar-refractivity contribution is -0.122. The SMILES string of the molecule is CCC(N)CC(=O)NC(CC)C1CCCCC1. The highest BCUT2D eigenvalue weighted by Gasteiger charge is 2.23. The zero-order valence-corrected chi connectivity index (χ0v) is 11.4. The molecule has 2 unspecified atom stereocenters. The molecule has 0 aromatic rings. The first kappa shape index (κ1) is 14.5. The summed E-state index contributed by atoms with van der Waals surface area (Å²) in [6.45, 7) is 4.19. The van der Waals surface area contributed by atoms with E-state index in [1.54, 1.807) is 0 Å². The zero-order valence-electron chi connectivity index (χ0n) is 11.4. The van der Waals surface area contributed by atoms with Gasteiger partial charge in [-0.15, -0.1) is 0 Å². The van der Waals surface area contributed by atoms with E-state index in [1.165, 1.54) is 32.1 Å². The Balaban J connectivity index is 2.37. The highest BCUT2D eigenvalue weighted by molar-refractivity contribution is 5.76. The molecule has 1 saturated carbocycles. The van der Waals surface area contributed by atoms with Crippen LogP contribution in [-0.2, 0) is 4.79 Å². The van der Waals surface area contributed by atoms with E-state index >= 15 is 0 Å². The lowest BCUT2D eigenvalue weighted by atomic mass is 9.83. The molecule has 100 valence electrons. The Morgan fingerprint density at radius 1 is 1.24 bits per heavy atom. The van der Waals surface area contributed by atoms with Crippen LogP contribution in [0.3, 0.4) is 0 Å². The molecule has 3 heteroatoms. The molecule has 0 heterocycles. The molecule has 0 aliphatic heterocycles. The van der Waals surface area contributed by atoms with E-state index in [4.69, 9.17) is 5.73 Å². The minimum absolute atomic E-state index is 0.0128. The van der Waals surface area contributed by atoms with Crippen molar-refractivity contribution in [2.24, 2.45) is 11.7 Å². The third-order valence-corrected chi connectivity index (χ3v) is 3.98. The molecule has 1 rings (SSSR count). The van der Waals surface area contributed by atoms with Gasteiger partial charge in [-0.25, -0.2) is 0 Å². The summed E-state index contributed by atoms with van der Waals surface area (Å²) in [5, 5.41) is 3.18. The first-order valence-corrected chi connectivity index (χ1v) is 7.22. The first-order chi connectivity index (χ1) is 8.17. The first-order valence-electron chi connectivity index (χ1n) is 7.22. The summed E-state index contributed by atoms with van der Waals surface area (Å²) in [6, 6.07) is 0.380. The smallest absolute Gasteiger partial charge is 0.221 e. The lowest BCUT2D eigenvalue weighted by Gasteiger charge is -2.30. The zero-order chi connectivity index (χ0) is 12.7. The fraction of sp³-hybridized carbons (Fsp3) is 0.929. The van der Waals surface area contributed by atoms with Crippen molar-refractivity contribution in [3.63, 3.8) is 0 Å². The number of nitrogens with two attached hydrogens (primary N) is 1. The maximum Gasteiger partial charge on any atom is 0.221 e. The number of amides is 1. The van der Waals surface area contributed by atoms with Crippen LogP contribution in [0, 0.1) is 5.92 Å². The largest absolute Gasteiger partial charge is 0.353 e. The fourth-order valence-corrected chi connectivity index (χ4v) is 2.74. The molecule has 0 aromatic heterocycles. The molecule has 17 heavy (non-hydrogen) atoms. The summed E-state index contributed by atoms with van der Waals surface area (Å²) in [5.41, 5.74) is 5.81. The van der Waals surface area contributed by atoms with Crippen LogP contribution in [0.15, 0.2) is 0 Å². The molecular formula is C14H28N2O. The van der Waals surface area contributed by atoms with Crippen molar-refractivity contribution >= 4 is 5.91 Å². The third kappa shape index (κ3) is 5.07.